The Morgan fingerprint density at radius 3 is 2.75 bits per heavy atom. The predicted molar refractivity (Wildman–Crippen MR) is 88.0 cm³/mol. The molecule has 1 aliphatic heterocycles. The molecule has 0 saturated carbocycles. The van der Waals surface area contributed by atoms with Crippen LogP contribution in [-0.2, 0) is 4.79 Å². The summed E-state index contributed by atoms with van der Waals surface area (Å²) in [6.45, 7) is 4.21. The molecule has 0 amide bonds. The van der Waals surface area contributed by atoms with Crippen LogP contribution in [0.2, 0.25) is 0 Å². The maximum atomic E-state index is 12.9. The first-order valence-corrected chi connectivity index (χ1v) is 7.91. The van der Waals surface area contributed by atoms with E-state index in [2.05, 4.69) is 35.3 Å². The van der Waals surface area contributed by atoms with E-state index in [1.807, 2.05) is 12.1 Å². The Kier molecular flexibility index (Phi) is 3.07. The molecule has 0 bridgehead atoms. The zero-order valence-electron chi connectivity index (χ0n) is 13.6. The van der Waals surface area contributed by atoms with E-state index in [0.29, 0.717) is 17.9 Å². The van der Waals surface area contributed by atoms with Crippen molar-refractivity contribution in [3.05, 3.63) is 53.0 Å². The molecule has 1 atom stereocenters. The number of hydrogen-bond donors (Lipinski definition) is 1. The normalized spacial score (nSPS) is 21.5. The van der Waals surface area contributed by atoms with Crippen LogP contribution in [0.1, 0.15) is 43.9 Å². The summed E-state index contributed by atoms with van der Waals surface area (Å²) >= 11 is 0. The zero-order chi connectivity index (χ0) is 16.9. The first-order valence-electron chi connectivity index (χ1n) is 7.91. The molecular formula is C18H17N5O. The van der Waals surface area contributed by atoms with E-state index in [0.717, 1.165) is 23.3 Å². The van der Waals surface area contributed by atoms with Crippen molar-refractivity contribution < 1.29 is 4.79 Å². The molecular weight excluding hydrogens is 302 g/mol. The Morgan fingerprint density at radius 1 is 1.29 bits per heavy atom. The fraction of sp³-hybridized carbons (Fsp3) is 0.333. The van der Waals surface area contributed by atoms with Gasteiger partial charge in [-0.3, -0.25) is 4.79 Å². The molecule has 4 rings (SSSR count). The highest BCUT2D eigenvalue weighted by Gasteiger charge is 2.41. The molecule has 0 radical (unpaired) electrons. The number of allylic oxidation sites excluding steroid dienone is 2. The standard InChI is InChI=1S/C18H17N5O/c1-18(2)7-13-15(14(24)8-18)16(23-17(22-13)20-10-21-23)12-5-3-11(9-19)4-6-12/h3-6,10,16H,7-8H2,1-2H3,(H,20,21,22)/t16-/m1/s1. The highest BCUT2D eigenvalue weighted by molar-refractivity contribution is 6.00. The van der Waals surface area contributed by atoms with Crippen LogP contribution in [0, 0.1) is 16.7 Å². The van der Waals surface area contributed by atoms with Gasteiger partial charge in [-0.15, -0.1) is 0 Å². The van der Waals surface area contributed by atoms with Gasteiger partial charge in [-0.1, -0.05) is 26.0 Å². The average Bonchev–Trinajstić information content (AvgIpc) is 3.00. The molecule has 2 heterocycles. The summed E-state index contributed by atoms with van der Waals surface area (Å²) < 4.78 is 1.75. The number of aromatic nitrogens is 3. The van der Waals surface area contributed by atoms with Crippen LogP contribution >= 0.6 is 0 Å². The smallest absolute Gasteiger partial charge is 0.226 e. The van der Waals surface area contributed by atoms with Gasteiger partial charge in [0, 0.05) is 17.7 Å². The van der Waals surface area contributed by atoms with E-state index in [4.69, 9.17) is 5.26 Å². The summed E-state index contributed by atoms with van der Waals surface area (Å²) in [4.78, 5) is 17.1. The monoisotopic (exact) mass is 319 g/mol. The number of nitriles is 1. The first-order chi connectivity index (χ1) is 11.5. The van der Waals surface area contributed by atoms with Crippen LogP contribution in [0.25, 0.3) is 0 Å². The van der Waals surface area contributed by atoms with E-state index < -0.39 is 0 Å². The van der Waals surface area contributed by atoms with Gasteiger partial charge in [-0.25, -0.2) is 4.68 Å². The van der Waals surface area contributed by atoms with E-state index in [-0.39, 0.29) is 17.2 Å². The summed E-state index contributed by atoms with van der Waals surface area (Å²) in [6.07, 6.45) is 2.81. The fourth-order valence-corrected chi connectivity index (χ4v) is 3.60. The van der Waals surface area contributed by atoms with Gasteiger partial charge in [-0.05, 0) is 29.5 Å². The second-order valence-electron chi connectivity index (χ2n) is 7.12. The van der Waals surface area contributed by atoms with Crippen LogP contribution in [0.5, 0.6) is 0 Å². The van der Waals surface area contributed by atoms with Crippen molar-refractivity contribution in [1.29, 1.82) is 5.26 Å². The van der Waals surface area contributed by atoms with Crippen molar-refractivity contribution >= 4 is 11.7 Å². The molecule has 1 aromatic carbocycles. The van der Waals surface area contributed by atoms with Gasteiger partial charge >= 0.3 is 0 Å². The number of fused-ring (bicyclic) bond motifs is 1. The summed E-state index contributed by atoms with van der Waals surface area (Å²) in [5.41, 5.74) is 3.16. The highest BCUT2D eigenvalue weighted by atomic mass is 16.1. The van der Waals surface area contributed by atoms with Crippen LogP contribution in [-0.4, -0.2) is 20.5 Å². The molecule has 1 aromatic heterocycles. The summed E-state index contributed by atoms with van der Waals surface area (Å²) in [5.74, 6) is 0.790. The van der Waals surface area contributed by atoms with Crippen LogP contribution in [0.15, 0.2) is 41.9 Å². The van der Waals surface area contributed by atoms with Gasteiger partial charge in [0.15, 0.2) is 5.78 Å². The third-order valence-electron chi connectivity index (χ3n) is 4.63. The maximum absolute atomic E-state index is 12.9. The molecule has 6 heteroatoms. The lowest BCUT2D eigenvalue weighted by molar-refractivity contribution is -0.118. The lowest BCUT2D eigenvalue weighted by Crippen LogP contribution is -2.36. The number of Topliss-reactive ketones (excluding diaryl/α,β-unsaturated/α-hetero) is 1. The number of hydrogen-bond acceptors (Lipinski definition) is 5. The van der Waals surface area contributed by atoms with Crippen molar-refractivity contribution in [2.45, 2.75) is 32.7 Å². The maximum Gasteiger partial charge on any atom is 0.226 e. The van der Waals surface area contributed by atoms with Gasteiger partial charge in [-0.2, -0.15) is 15.3 Å². The topological polar surface area (TPSA) is 83.6 Å². The SMILES string of the molecule is CC1(C)CC(=O)C2=C(C1)Nc1ncnn1[C@@H]2c1ccc(C#N)cc1. The Hall–Kier alpha value is -2.94. The number of anilines is 1. The summed E-state index contributed by atoms with van der Waals surface area (Å²) in [6, 6.07) is 9.14. The molecule has 120 valence electrons. The van der Waals surface area contributed by atoms with Gasteiger partial charge in [0.2, 0.25) is 5.95 Å². The average molecular weight is 319 g/mol. The Labute approximate surface area is 139 Å². The minimum absolute atomic E-state index is 0.0691. The number of carbonyl (C=O) groups excluding carboxylic acids is 1. The predicted octanol–water partition coefficient (Wildman–Crippen LogP) is 2.81. The molecule has 1 aliphatic carbocycles. The largest absolute Gasteiger partial charge is 0.328 e. The minimum atomic E-state index is -0.296. The number of nitrogens with zero attached hydrogens (tertiary/aromatic N) is 4. The van der Waals surface area contributed by atoms with Crippen molar-refractivity contribution in [3.63, 3.8) is 0 Å². The third-order valence-corrected chi connectivity index (χ3v) is 4.63. The minimum Gasteiger partial charge on any atom is -0.328 e. The lowest BCUT2D eigenvalue weighted by Gasteiger charge is -2.38. The van der Waals surface area contributed by atoms with Gasteiger partial charge in [0.05, 0.1) is 11.6 Å². The molecule has 0 saturated heterocycles. The van der Waals surface area contributed by atoms with Gasteiger partial charge in [0.1, 0.15) is 12.4 Å². The highest BCUT2D eigenvalue weighted by Crippen LogP contribution is 2.44. The van der Waals surface area contributed by atoms with Crippen molar-refractivity contribution in [2.24, 2.45) is 5.41 Å². The van der Waals surface area contributed by atoms with Gasteiger partial charge in [0.25, 0.3) is 0 Å². The molecule has 24 heavy (non-hydrogen) atoms. The second kappa shape index (κ2) is 5.03. The van der Waals surface area contributed by atoms with Crippen LogP contribution in [0.4, 0.5) is 5.95 Å². The number of benzene rings is 1. The Morgan fingerprint density at radius 2 is 2.04 bits per heavy atom. The Bertz CT molecular complexity index is 898. The van der Waals surface area contributed by atoms with E-state index in [1.165, 1.54) is 6.33 Å². The number of carbonyl (C=O) groups is 1. The van der Waals surface area contributed by atoms with E-state index in [1.54, 1.807) is 16.8 Å². The zero-order valence-corrected chi connectivity index (χ0v) is 13.6. The molecule has 0 spiro atoms. The molecule has 0 unspecified atom stereocenters. The Balaban J connectivity index is 1.88. The van der Waals surface area contributed by atoms with E-state index >= 15 is 0 Å². The molecule has 0 fully saturated rings. The number of nitrogens with one attached hydrogen (secondary N) is 1. The third kappa shape index (κ3) is 2.21. The molecule has 1 N–H and O–H groups in total. The van der Waals surface area contributed by atoms with Crippen molar-refractivity contribution in [3.8, 4) is 6.07 Å². The number of rotatable bonds is 1. The van der Waals surface area contributed by atoms with E-state index in [9.17, 15) is 4.79 Å². The fourth-order valence-electron chi connectivity index (χ4n) is 3.60. The molecule has 6 nitrogen and oxygen atoms in total. The van der Waals surface area contributed by atoms with Crippen molar-refractivity contribution in [1.82, 2.24) is 14.8 Å². The lowest BCUT2D eigenvalue weighted by atomic mass is 9.73. The molecule has 2 aromatic rings. The van der Waals surface area contributed by atoms with Crippen molar-refractivity contribution in [2.75, 3.05) is 5.32 Å². The quantitative estimate of drug-likeness (QED) is 0.874. The summed E-state index contributed by atoms with van der Waals surface area (Å²) in [5, 5.41) is 16.6. The van der Waals surface area contributed by atoms with Crippen LogP contribution in [0.3, 0.4) is 0 Å². The molecule has 2 aliphatic rings. The second-order valence-corrected chi connectivity index (χ2v) is 7.12. The van der Waals surface area contributed by atoms with Gasteiger partial charge < -0.3 is 5.32 Å². The summed E-state index contributed by atoms with van der Waals surface area (Å²) in [7, 11) is 0. The first kappa shape index (κ1) is 14.6. The number of ketones is 1. The van der Waals surface area contributed by atoms with Crippen LogP contribution < -0.4 is 5.32 Å².